The predicted octanol–water partition coefficient (Wildman–Crippen LogP) is 1.68. The third kappa shape index (κ3) is 2.77. The van der Waals surface area contributed by atoms with E-state index in [0.717, 1.165) is 5.56 Å². The maximum atomic E-state index is 13.6. The van der Waals surface area contributed by atoms with Crippen LogP contribution in [0.25, 0.3) is 0 Å². The number of hydrogen-bond donors (Lipinski definition) is 3. The number of aliphatic hydroxyl groups is 1. The third-order valence-electron chi connectivity index (χ3n) is 6.71. The molecular weight excluding hydrogens is 418 g/mol. The van der Waals surface area contributed by atoms with Gasteiger partial charge in [-0.3, -0.25) is 24.6 Å². The molecule has 7 nitrogen and oxygen atoms in total. The van der Waals surface area contributed by atoms with Gasteiger partial charge in [-0.2, -0.15) is 0 Å². The van der Waals surface area contributed by atoms with Crippen LogP contribution < -0.4 is 10.6 Å². The van der Waals surface area contributed by atoms with Crippen LogP contribution in [0.3, 0.4) is 0 Å². The molecule has 0 bridgehead atoms. The molecule has 8 heteroatoms. The first-order chi connectivity index (χ1) is 14.9. The zero-order valence-corrected chi connectivity index (χ0v) is 17.6. The second kappa shape index (κ2) is 7.15. The number of halogens is 1. The number of likely N-dealkylation sites (tertiary alicyclic amines) is 1. The number of aliphatic hydroxyl groups excluding tert-OH is 1. The van der Waals surface area contributed by atoms with Crippen molar-refractivity contribution >= 4 is 35.0 Å². The van der Waals surface area contributed by atoms with Gasteiger partial charge in [-0.1, -0.05) is 54.1 Å². The molecule has 3 N–H and O–H groups in total. The van der Waals surface area contributed by atoms with Gasteiger partial charge < -0.3 is 10.4 Å². The molecule has 5 rings (SSSR count). The van der Waals surface area contributed by atoms with Crippen molar-refractivity contribution in [2.45, 2.75) is 31.0 Å². The van der Waals surface area contributed by atoms with Crippen molar-refractivity contribution < 1.29 is 19.5 Å². The number of carbonyl (C=O) groups excluding carboxylic acids is 3. The number of rotatable bonds is 4. The SMILES string of the molecule is C[C@@H](O)[C@@H]1N[C@]2(C(=O)Nc3c(Cl)cccc32)[C@@H]2C(=O)N(CCc3ccccc3)C(=O)[C@H]12. The standard InChI is InChI=1S/C23H22ClN3O4/c1-12(28)18-16-17(21(30)27(20(16)29)11-10-13-6-3-2-4-7-13)23(26-18)14-8-5-9-15(24)19(14)25-22(23)31/h2-9,12,16-18,26,28H,10-11H2,1H3,(H,25,31)/t12-,16+,17+,18+,23+/m1/s1. The Morgan fingerprint density at radius 3 is 2.55 bits per heavy atom. The van der Waals surface area contributed by atoms with E-state index < -0.39 is 41.3 Å². The summed E-state index contributed by atoms with van der Waals surface area (Å²) in [6.45, 7) is 1.78. The van der Waals surface area contributed by atoms with Crippen LogP contribution in [0.2, 0.25) is 5.02 Å². The summed E-state index contributed by atoms with van der Waals surface area (Å²) in [6, 6.07) is 14.0. The van der Waals surface area contributed by atoms with Gasteiger partial charge in [0.25, 0.3) is 0 Å². The number of amides is 3. The molecule has 2 aromatic carbocycles. The van der Waals surface area contributed by atoms with Gasteiger partial charge in [0.1, 0.15) is 5.54 Å². The lowest BCUT2D eigenvalue weighted by atomic mass is 9.76. The summed E-state index contributed by atoms with van der Waals surface area (Å²) in [5, 5.41) is 16.7. The van der Waals surface area contributed by atoms with E-state index in [1.165, 1.54) is 4.90 Å². The molecule has 3 amide bonds. The molecule has 0 unspecified atom stereocenters. The lowest BCUT2D eigenvalue weighted by Gasteiger charge is -2.30. The summed E-state index contributed by atoms with van der Waals surface area (Å²) in [5.41, 5.74) is 0.542. The molecule has 0 aliphatic carbocycles. The summed E-state index contributed by atoms with van der Waals surface area (Å²) in [5.74, 6) is -2.97. The van der Waals surface area contributed by atoms with E-state index in [4.69, 9.17) is 11.6 Å². The fraction of sp³-hybridized carbons (Fsp3) is 0.348. The van der Waals surface area contributed by atoms with Crippen LogP contribution in [0.4, 0.5) is 5.69 Å². The largest absolute Gasteiger partial charge is 0.392 e. The number of imide groups is 1. The van der Waals surface area contributed by atoms with Gasteiger partial charge in [-0.15, -0.1) is 0 Å². The van der Waals surface area contributed by atoms with Crippen molar-refractivity contribution in [2.75, 3.05) is 11.9 Å². The Bertz CT molecular complexity index is 1090. The van der Waals surface area contributed by atoms with E-state index >= 15 is 0 Å². The number of fused-ring (bicyclic) bond motifs is 4. The maximum absolute atomic E-state index is 13.6. The summed E-state index contributed by atoms with van der Waals surface area (Å²) < 4.78 is 0. The minimum absolute atomic E-state index is 0.224. The minimum Gasteiger partial charge on any atom is -0.392 e. The lowest BCUT2D eigenvalue weighted by molar-refractivity contribution is -0.143. The first-order valence-corrected chi connectivity index (χ1v) is 10.7. The molecule has 2 fully saturated rings. The van der Waals surface area contributed by atoms with Crippen LogP contribution in [-0.2, 0) is 26.3 Å². The monoisotopic (exact) mass is 439 g/mol. The highest BCUT2D eigenvalue weighted by molar-refractivity contribution is 6.35. The molecule has 3 aliphatic rings. The number of nitrogens with one attached hydrogen (secondary N) is 2. The Kier molecular flexibility index (Phi) is 4.66. The van der Waals surface area contributed by atoms with Gasteiger partial charge in [-0.05, 0) is 25.0 Å². The maximum Gasteiger partial charge on any atom is 0.250 e. The molecule has 0 saturated carbocycles. The molecule has 0 radical (unpaired) electrons. The Morgan fingerprint density at radius 2 is 1.84 bits per heavy atom. The van der Waals surface area contributed by atoms with Crippen LogP contribution in [0.1, 0.15) is 18.1 Å². The van der Waals surface area contributed by atoms with E-state index in [9.17, 15) is 19.5 Å². The highest BCUT2D eigenvalue weighted by atomic mass is 35.5. The number of hydrogen-bond acceptors (Lipinski definition) is 5. The van der Waals surface area contributed by atoms with Gasteiger partial charge >= 0.3 is 0 Å². The fourth-order valence-electron chi connectivity index (χ4n) is 5.30. The van der Waals surface area contributed by atoms with E-state index in [0.29, 0.717) is 22.7 Å². The van der Waals surface area contributed by atoms with Crippen LogP contribution >= 0.6 is 11.6 Å². The van der Waals surface area contributed by atoms with Crippen molar-refractivity contribution in [3.05, 3.63) is 64.7 Å². The van der Waals surface area contributed by atoms with Crippen molar-refractivity contribution in [2.24, 2.45) is 11.8 Å². The Labute approximate surface area is 184 Å². The van der Waals surface area contributed by atoms with Gasteiger partial charge in [0.2, 0.25) is 17.7 Å². The second-order valence-electron chi connectivity index (χ2n) is 8.40. The molecule has 3 heterocycles. The average molecular weight is 440 g/mol. The van der Waals surface area contributed by atoms with Gasteiger partial charge in [0, 0.05) is 18.2 Å². The number of nitrogens with zero attached hydrogens (tertiary/aromatic N) is 1. The molecule has 3 aliphatic heterocycles. The van der Waals surface area contributed by atoms with Crippen molar-refractivity contribution in [3.8, 4) is 0 Å². The Hall–Kier alpha value is -2.74. The van der Waals surface area contributed by atoms with E-state index in [2.05, 4.69) is 10.6 Å². The smallest absolute Gasteiger partial charge is 0.250 e. The van der Waals surface area contributed by atoms with Crippen LogP contribution in [-0.4, -0.2) is 46.4 Å². The second-order valence-corrected chi connectivity index (χ2v) is 8.81. The highest BCUT2D eigenvalue weighted by Crippen LogP contribution is 2.54. The number of carbonyl (C=O) groups is 3. The molecular formula is C23H22ClN3O4. The van der Waals surface area contributed by atoms with Gasteiger partial charge in [-0.25, -0.2) is 0 Å². The minimum atomic E-state index is -1.44. The average Bonchev–Trinajstić information content (AvgIpc) is 3.34. The molecule has 31 heavy (non-hydrogen) atoms. The van der Waals surface area contributed by atoms with Crippen molar-refractivity contribution in [1.82, 2.24) is 10.2 Å². The third-order valence-corrected chi connectivity index (χ3v) is 7.03. The van der Waals surface area contributed by atoms with Crippen LogP contribution in [0.5, 0.6) is 0 Å². The number of para-hydroxylation sites is 1. The van der Waals surface area contributed by atoms with Crippen molar-refractivity contribution in [3.63, 3.8) is 0 Å². The van der Waals surface area contributed by atoms with Gasteiger partial charge in [0.05, 0.1) is 28.6 Å². The van der Waals surface area contributed by atoms with E-state index in [1.54, 1.807) is 25.1 Å². The molecule has 2 saturated heterocycles. The quantitative estimate of drug-likeness (QED) is 0.630. The molecule has 5 atom stereocenters. The first kappa shape index (κ1) is 20.2. The fourth-order valence-corrected chi connectivity index (χ4v) is 5.53. The highest BCUT2D eigenvalue weighted by Gasteiger charge is 2.71. The molecule has 2 aromatic rings. The summed E-state index contributed by atoms with van der Waals surface area (Å²) in [4.78, 5) is 41.4. The van der Waals surface area contributed by atoms with Crippen molar-refractivity contribution in [1.29, 1.82) is 0 Å². The zero-order chi connectivity index (χ0) is 21.9. The van der Waals surface area contributed by atoms with Crippen LogP contribution in [0, 0.1) is 11.8 Å². The van der Waals surface area contributed by atoms with Crippen LogP contribution in [0.15, 0.2) is 48.5 Å². The summed E-state index contributed by atoms with van der Waals surface area (Å²) >= 11 is 6.30. The van der Waals surface area contributed by atoms with E-state index in [1.807, 2.05) is 30.3 Å². The molecule has 1 spiro atoms. The normalized spacial score (nSPS) is 30.0. The Morgan fingerprint density at radius 1 is 1.10 bits per heavy atom. The van der Waals surface area contributed by atoms with Gasteiger partial charge in [0.15, 0.2) is 0 Å². The van der Waals surface area contributed by atoms with E-state index in [-0.39, 0.29) is 12.5 Å². The topological polar surface area (TPSA) is 98.7 Å². The zero-order valence-electron chi connectivity index (χ0n) is 16.8. The predicted molar refractivity (Wildman–Crippen MR) is 114 cm³/mol. The summed E-state index contributed by atoms with van der Waals surface area (Å²) in [7, 11) is 0. The molecule has 0 aromatic heterocycles. The summed E-state index contributed by atoms with van der Waals surface area (Å²) in [6.07, 6.45) is -0.416. The molecule has 160 valence electrons. The Balaban J connectivity index is 1.56. The number of anilines is 1. The lowest BCUT2D eigenvalue weighted by Crippen LogP contribution is -2.54. The first-order valence-electron chi connectivity index (χ1n) is 10.3. The number of benzene rings is 2.